The molecule has 5 heteroatoms. The lowest BCUT2D eigenvalue weighted by atomic mass is 10.1. The highest BCUT2D eigenvalue weighted by atomic mass is 32.1. The van der Waals surface area contributed by atoms with Crippen LogP contribution in [-0.4, -0.2) is 42.7 Å². The molecule has 4 nitrogen and oxygen atoms in total. The summed E-state index contributed by atoms with van der Waals surface area (Å²) in [7, 11) is 3.35. The second kappa shape index (κ2) is 5.81. The average Bonchev–Trinajstić information content (AvgIpc) is 2.81. The zero-order valence-electron chi connectivity index (χ0n) is 12.1. The van der Waals surface area contributed by atoms with E-state index < -0.39 is 0 Å². The number of nitrogens with zero attached hydrogens (tertiary/aromatic N) is 1. The molecule has 1 atom stereocenters. The molecule has 0 spiro atoms. The third-order valence-corrected chi connectivity index (χ3v) is 4.84. The Bertz CT molecular complexity index is 635. The lowest BCUT2D eigenvalue weighted by Gasteiger charge is -2.22. The van der Waals surface area contributed by atoms with Gasteiger partial charge < -0.3 is 14.7 Å². The molecule has 0 fully saturated rings. The lowest BCUT2D eigenvalue weighted by molar-refractivity contribution is 0.0686. The first-order valence-electron chi connectivity index (χ1n) is 6.44. The lowest BCUT2D eigenvalue weighted by Crippen LogP contribution is -2.37. The summed E-state index contributed by atoms with van der Waals surface area (Å²) in [5.74, 6) is 0.735. The smallest absolute Gasteiger partial charge is 0.264 e. The first-order chi connectivity index (χ1) is 9.49. The van der Waals surface area contributed by atoms with Gasteiger partial charge in [-0.2, -0.15) is 0 Å². The van der Waals surface area contributed by atoms with Crippen LogP contribution in [0, 0.1) is 6.92 Å². The molecule has 108 valence electrons. The van der Waals surface area contributed by atoms with Gasteiger partial charge in [-0.25, -0.2) is 0 Å². The van der Waals surface area contributed by atoms with Crippen LogP contribution in [-0.2, 0) is 0 Å². The third kappa shape index (κ3) is 2.51. The van der Waals surface area contributed by atoms with Gasteiger partial charge in [0.25, 0.3) is 5.91 Å². The van der Waals surface area contributed by atoms with Crippen molar-refractivity contribution >= 4 is 27.3 Å². The molecule has 1 aromatic carbocycles. The van der Waals surface area contributed by atoms with Crippen molar-refractivity contribution in [1.29, 1.82) is 0 Å². The maximum absolute atomic E-state index is 12.5. The Morgan fingerprint density at radius 3 is 2.80 bits per heavy atom. The van der Waals surface area contributed by atoms with Crippen molar-refractivity contribution in [2.24, 2.45) is 0 Å². The Hall–Kier alpha value is -1.59. The second-order valence-corrected chi connectivity index (χ2v) is 5.92. The van der Waals surface area contributed by atoms with Crippen LogP contribution >= 0.6 is 11.3 Å². The summed E-state index contributed by atoms with van der Waals surface area (Å²) in [5.41, 5.74) is 0.964. The van der Waals surface area contributed by atoms with Gasteiger partial charge in [0.05, 0.1) is 24.6 Å². The molecule has 20 heavy (non-hydrogen) atoms. The van der Waals surface area contributed by atoms with Crippen LogP contribution < -0.4 is 4.74 Å². The normalized spacial score (nSPS) is 12.4. The Kier molecular flexibility index (Phi) is 4.30. The van der Waals surface area contributed by atoms with Gasteiger partial charge in [-0.15, -0.1) is 11.3 Å². The van der Waals surface area contributed by atoms with Crippen molar-refractivity contribution in [1.82, 2.24) is 4.90 Å². The zero-order chi connectivity index (χ0) is 14.9. The van der Waals surface area contributed by atoms with Crippen molar-refractivity contribution in [3.05, 3.63) is 28.6 Å². The van der Waals surface area contributed by atoms with Gasteiger partial charge in [0.1, 0.15) is 5.75 Å². The number of hydrogen-bond donors (Lipinski definition) is 1. The number of thiophene rings is 1. The van der Waals surface area contributed by atoms with E-state index >= 15 is 0 Å². The fourth-order valence-corrected chi connectivity index (χ4v) is 3.19. The Balaban J connectivity index is 2.45. The molecule has 1 heterocycles. The maximum atomic E-state index is 12.5. The van der Waals surface area contributed by atoms with Crippen molar-refractivity contribution in [3.8, 4) is 5.75 Å². The van der Waals surface area contributed by atoms with Crippen LogP contribution in [0.3, 0.4) is 0 Å². The standard InChI is InChI=1S/C15H19NO3S/c1-9(8-17)16(3)15(18)14-10(2)12-7-11(19-4)5-6-13(12)20-14/h5-7,9,17H,8H2,1-4H3. The monoisotopic (exact) mass is 293 g/mol. The number of benzene rings is 1. The first kappa shape index (κ1) is 14.8. The number of fused-ring (bicyclic) bond motifs is 1. The van der Waals surface area contributed by atoms with Gasteiger partial charge >= 0.3 is 0 Å². The van der Waals surface area contributed by atoms with Crippen LogP contribution in [0.4, 0.5) is 0 Å². The Morgan fingerprint density at radius 1 is 1.50 bits per heavy atom. The number of carbonyl (C=O) groups excluding carboxylic acids is 1. The molecule has 1 amide bonds. The molecule has 0 aliphatic heterocycles. The highest BCUT2D eigenvalue weighted by molar-refractivity contribution is 7.21. The minimum absolute atomic E-state index is 0.0417. The van der Waals surface area contributed by atoms with E-state index in [-0.39, 0.29) is 18.6 Å². The molecule has 0 aliphatic rings. The molecule has 1 N–H and O–H groups in total. The van der Waals surface area contributed by atoms with Crippen molar-refractivity contribution < 1.29 is 14.6 Å². The SMILES string of the molecule is COc1ccc2sc(C(=O)N(C)C(C)CO)c(C)c2c1. The fourth-order valence-electron chi connectivity index (χ4n) is 2.01. The molecule has 2 rings (SSSR count). The van der Waals surface area contributed by atoms with Crippen molar-refractivity contribution in [3.63, 3.8) is 0 Å². The first-order valence-corrected chi connectivity index (χ1v) is 7.26. The van der Waals surface area contributed by atoms with Crippen LogP contribution in [0.1, 0.15) is 22.2 Å². The van der Waals surface area contributed by atoms with E-state index in [2.05, 4.69) is 0 Å². The number of aryl methyl sites for hydroxylation is 1. The molecule has 1 aromatic heterocycles. The van der Waals surface area contributed by atoms with E-state index in [0.29, 0.717) is 0 Å². The summed E-state index contributed by atoms with van der Waals surface area (Å²) in [6, 6.07) is 5.62. The van der Waals surface area contributed by atoms with E-state index in [1.54, 1.807) is 19.1 Å². The van der Waals surface area contributed by atoms with Crippen LogP contribution in [0.25, 0.3) is 10.1 Å². The van der Waals surface area contributed by atoms with Crippen LogP contribution in [0.5, 0.6) is 5.75 Å². The number of aliphatic hydroxyl groups excluding tert-OH is 1. The number of rotatable bonds is 4. The summed E-state index contributed by atoms with van der Waals surface area (Å²) in [5, 5.41) is 10.2. The number of amides is 1. The number of hydrogen-bond acceptors (Lipinski definition) is 4. The molecule has 2 aromatic rings. The van der Waals surface area contributed by atoms with Crippen LogP contribution in [0.2, 0.25) is 0 Å². The van der Waals surface area contributed by atoms with Crippen molar-refractivity contribution in [2.75, 3.05) is 20.8 Å². The summed E-state index contributed by atoms with van der Waals surface area (Å²) in [6.07, 6.45) is 0. The molecule has 0 aliphatic carbocycles. The van der Waals surface area contributed by atoms with Gasteiger partial charge in [-0.1, -0.05) is 0 Å². The topological polar surface area (TPSA) is 49.8 Å². The van der Waals surface area contributed by atoms with E-state index in [4.69, 9.17) is 4.74 Å². The highest BCUT2D eigenvalue weighted by Gasteiger charge is 2.22. The summed E-state index contributed by atoms with van der Waals surface area (Å²) in [4.78, 5) is 14.8. The minimum atomic E-state index is -0.193. The molecule has 0 saturated heterocycles. The summed E-state index contributed by atoms with van der Waals surface area (Å²) in [6.45, 7) is 3.73. The summed E-state index contributed by atoms with van der Waals surface area (Å²) >= 11 is 1.48. The van der Waals surface area contributed by atoms with Gasteiger partial charge in [0, 0.05) is 11.7 Å². The van der Waals surface area contributed by atoms with Crippen molar-refractivity contribution in [2.45, 2.75) is 19.9 Å². The van der Waals surface area contributed by atoms with Gasteiger partial charge in [0.15, 0.2) is 0 Å². The average molecular weight is 293 g/mol. The van der Waals surface area contributed by atoms with Gasteiger partial charge in [-0.05, 0) is 43.0 Å². The number of ether oxygens (including phenoxy) is 1. The molecule has 1 unspecified atom stereocenters. The minimum Gasteiger partial charge on any atom is -0.497 e. The third-order valence-electron chi connectivity index (χ3n) is 3.58. The van der Waals surface area contributed by atoms with E-state index in [9.17, 15) is 9.90 Å². The maximum Gasteiger partial charge on any atom is 0.264 e. The van der Waals surface area contributed by atoms with Gasteiger partial charge in [0.2, 0.25) is 0 Å². The predicted octanol–water partition coefficient (Wildman–Crippen LogP) is 2.67. The molecular formula is C15H19NO3S. The van der Waals surface area contributed by atoms with E-state index in [1.165, 1.54) is 11.3 Å². The predicted molar refractivity (Wildman–Crippen MR) is 81.8 cm³/mol. The molecular weight excluding hydrogens is 274 g/mol. The number of carbonyl (C=O) groups is 1. The largest absolute Gasteiger partial charge is 0.497 e. The van der Waals surface area contributed by atoms with E-state index in [0.717, 1.165) is 26.3 Å². The molecule has 0 bridgehead atoms. The Morgan fingerprint density at radius 2 is 2.20 bits per heavy atom. The number of likely N-dealkylation sites (N-methyl/N-ethyl adjacent to an activating group) is 1. The molecule has 0 radical (unpaired) electrons. The fraction of sp³-hybridized carbons (Fsp3) is 0.400. The number of aliphatic hydroxyl groups is 1. The summed E-state index contributed by atoms with van der Waals surface area (Å²) < 4.78 is 6.29. The number of methoxy groups -OCH3 is 1. The highest BCUT2D eigenvalue weighted by Crippen LogP contribution is 2.34. The second-order valence-electron chi connectivity index (χ2n) is 4.87. The van der Waals surface area contributed by atoms with E-state index in [1.807, 2.05) is 32.0 Å². The Labute approximate surface area is 122 Å². The van der Waals surface area contributed by atoms with Crippen LogP contribution in [0.15, 0.2) is 18.2 Å². The molecule has 0 saturated carbocycles. The zero-order valence-corrected chi connectivity index (χ0v) is 13.0. The van der Waals surface area contributed by atoms with Gasteiger partial charge in [-0.3, -0.25) is 4.79 Å². The quantitative estimate of drug-likeness (QED) is 0.943.